The summed E-state index contributed by atoms with van der Waals surface area (Å²) in [4.78, 5) is 13.4. The second kappa shape index (κ2) is 8.44. The van der Waals surface area contributed by atoms with Gasteiger partial charge in [-0.15, -0.1) is 0 Å². The van der Waals surface area contributed by atoms with Crippen molar-refractivity contribution in [3.63, 3.8) is 0 Å². The second-order valence-corrected chi connectivity index (χ2v) is 4.84. The Kier molecular flexibility index (Phi) is 7.16. The predicted octanol–water partition coefficient (Wildman–Crippen LogP) is -0.320. The highest BCUT2D eigenvalue weighted by Crippen LogP contribution is 2.27. The molecule has 0 heterocycles. The molecule has 0 radical (unpaired) electrons. The Morgan fingerprint density at radius 1 is 1.35 bits per heavy atom. The fourth-order valence-corrected chi connectivity index (χ4v) is 1.34. The van der Waals surface area contributed by atoms with Gasteiger partial charge in [0.2, 0.25) is 5.91 Å². The standard InChI is InChI=1S/C12H25N3O2/c1-15(2)6-8-17-7-5-13-10-12(16)14-9-11-3-4-11/h11,13H,3-10H2,1-2H3,(H,14,16). The maximum Gasteiger partial charge on any atom is 0.233 e. The van der Waals surface area contributed by atoms with Crippen LogP contribution in [0.5, 0.6) is 0 Å². The minimum Gasteiger partial charge on any atom is -0.379 e. The molecule has 2 N–H and O–H groups in total. The molecule has 0 aromatic heterocycles. The number of likely N-dealkylation sites (N-methyl/N-ethyl adjacent to an activating group) is 1. The van der Waals surface area contributed by atoms with Crippen LogP contribution >= 0.6 is 0 Å². The van der Waals surface area contributed by atoms with Crippen LogP contribution in [0.2, 0.25) is 0 Å². The fraction of sp³-hybridized carbons (Fsp3) is 0.917. The number of ether oxygens (including phenoxy) is 1. The van der Waals surface area contributed by atoms with Gasteiger partial charge in [0.05, 0.1) is 19.8 Å². The molecule has 1 rings (SSSR count). The molecule has 0 unspecified atom stereocenters. The molecular weight excluding hydrogens is 218 g/mol. The molecule has 0 aromatic rings. The smallest absolute Gasteiger partial charge is 0.233 e. The largest absolute Gasteiger partial charge is 0.379 e. The number of carbonyl (C=O) groups is 1. The van der Waals surface area contributed by atoms with Gasteiger partial charge in [0.1, 0.15) is 0 Å². The molecule has 0 atom stereocenters. The molecular formula is C12H25N3O2. The zero-order chi connectivity index (χ0) is 12.5. The first-order valence-electron chi connectivity index (χ1n) is 6.38. The molecule has 17 heavy (non-hydrogen) atoms. The van der Waals surface area contributed by atoms with E-state index in [9.17, 15) is 4.79 Å². The molecule has 1 saturated carbocycles. The minimum atomic E-state index is 0.0881. The van der Waals surface area contributed by atoms with E-state index in [4.69, 9.17) is 4.74 Å². The monoisotopic (exact) mass is 243 g/mol. The molecule has 0 spiro atoms. The molecule has 1 aliphatic rings. The number of nitrogens with one attached hydrogen (secondary N) is 2. The van der Waals surface area contributed by atoms with Crippen molar-refractivity contribution in [2.24, 2.45) is 5.92 Å². The summed E-state index contributed by atoms with van der Waals surface area (Å²) >= 11 is 0. The third kappa shape index (κ3) is 9.09. The van der Waals surface area contributed by atoms with Gasteiger partial charge < -0.3 is 20.3 Å². The van der Waals surface area contributed by atoms with E-state index in [2.05, 4.69) is 15.5 Å². The third-order valence-electron chi connectivity index (χ3n) is 2.68. The van der Waals surface area contributed by atoms with E-state index < -0.39 is 0 Å². The quantitative estimate of drug-likeness (QED) is 0.516. The van der Waals surface area contributed by atoms with Crippen LogP contribution in [0.25, 0.3) is 0 Å². The molecule has 5 heteroatoms. The van der Waals surface area contributed by atoms with Crippen molar-refractivity contribution >= 4 is 5.91 Å². The maximum absolute atomic E-state index is 11.3. The third-order valence-corrected chi connectivity index (χ3v) is 2.68. The Balaban J connectivity index is 1.77. The predicted molar refractivity (Wildman–Crippen MR) is 68.0 cm³/mol. The maximum atomic E-state index is 11.3. The van der Waals surface area contributed by atoms with Crippen LogP contribution < -0.4 is 10.6 Å². The first kappa shape index (κ1) is 14.4. The summed E-state index contributed by atoms with van der Waals surface area (Å²) in [7, 11) is 4.04. The summed E-state index contributed by atoms with van der Waals surface area (Å²) < 4.78 is 5.40. The zero-order valence-electron chi connectivity index (χ0n) is 11.0. The summed E-state index contributed by atoms with van der Waals surface area (Å²) in [5.74, 6) is 0.832. The number of carbonyl (C=O) groups excluding carboxylic acids is 1. The highest BCUT2D eigenvalue weighted by Gasteiger charge is 2.21. The lowest BCUT2D eigenvalue weighted by molar-refractivity contribution is -0.120. The number of amides is 1. The van der Waals surface area contributed by atoms with E-state index in [1.54, 1.807) is 0 Å². The van der Waals surface area contributed by atoms with Gasteiger partial charge in [-0.05, 0) is 32.9 Å². The van der Waals surface area contributed by atoms with Crippen molar-refractivity contribution in [2.45, 2.75) is 12.8 Å². The Morgan fingerprint density at radius 2 is 2.12 bits per heavy atom. The molecule has 0 bridgehead atoms. The summed E-state index contributed by atoms with van der Waals surface area (Å²) in [6, 6.07) is 0. The van der Waals surface area contributed by atoms with Gasteiger partial charge in [-0.2, -0.15) is 0 Å². The lowest BCUT2D eigenvalue weighted by atomic mass is 10.4. The highest BCUT2D eigenvalue weighted by atomic mass is 16.5. The molecule has 100 valence electrons. The van der Waals surface area contributed by atoms with Crippen LogP contribution in [-0.2, 0) is 9.53 Å². The van der Waals surface area contributed by atoms with Gasteiger partial charge in [0.15, 0.2) is 0 Å². The Bertz CT molecular complexity index is 218. The SMILES string of the molecule is CN(C)CCOCCNCC(=O)NCC1CC1. The number of rotatable bonds is 10. The molecule has 0 aliphatic heterocycles. The van der Waals surface area contributed by atoms with Gasteiger partial charge in [-0.25, -0.2) is 0 Å². The molecule has 1 aliphatic carbocycles. The van der Waals surface area contributed by atoms with Crippen molar-refractivity contribution in [1.29, 1.82) is 0 Å². The van der Waals surface area contributed by atoms with Gasteiger partial charge in [-0.3, -0.25) is 4.79 Å². The highest BCUT2D eigenvalue weighted by molar-refractivity contribution is 5.77. The van der Waals surface area contributed by atoms with Gasteiger partial charge >= 0.3 is 0 Å². The lowest BCUT2D eigenvalue weighted by Gasteiger charge is -2.10. The van der Waals surface area contributed by atoms with Crippen LogP contribution in [0.15, 0.2) is 0 Å². The van der Waals surface area contributed by atoms with E-state index >= 15 is 0 Å². The van der Waals surface area contributed by atoms with Crippen LogP contribution in [0.4, 0.5) is 0 Å². The van der Waals surface area contributed by atoms with Crippen molar-refractivity contribution < 1.29 is 9.53 Å². The van der Waals surface area contributed by atoms with E-state index in [0.717, 1.165) is 32.2 Å². The average molecular weight is 243 g/mol. The Morgan fingerprint density at radius 3 is 2.76 bits per heavy atom. The van der Waals surface area contributed by atoms with Crippen LogP contribution in [0, 0.1) is 5.92 Å². The van der Waals surface area contributed by atoms with Crippen molar-refractivity contribution in [1.82, 2.24) is 15.5 Å². The van der Waals surface area contributed by atoms with E-state index in [0.29, 0.717) is 13.2 Å². The first-order chi connectivity index (χ1) is 8.18. The van der Waals surface area contributed by atoms with E-state index in [1.807, 2.05) is 14.1 Å². The second-order valence-electron chi connectivity index (χ2n) is 4.84. The van der Waals surface area contributed by atoms with Crippen molar-refractivity contribution in [3.05, 3.63) is 0 Å². The fourth-order valence-electron chi connectivity index (χ4n) is 1.34. The van der Waals surface area contributed by atoms with Crippen LogP contribution in [0.1, 0.15) is 12.8 Å². The molecule has 0 saturated heterocycles. The van der Waals surface area contributed by atoms with Gasteiger partial charge in [0, 0.05) is 19.6 Å². The molecule has 1 fully saturated rings. The summed E-state index contributed by atoms with van der Waals surface area (Å²) in [6.07, 6.45) is 2.54. The van der Waals surface area contributed by atoms with Crippen molar-refractivity contribution in [2.75, 3.05) is 53.5 Å². The van der Waals surface area contributed by atoms with Crippen LogP contribution in [-0.4, -0.2) is 64.3 Å². The molecule has 0 aromatic carbocycles. The van der Waals surface area contributed by atoms with E-state index in [-0.39, 0.29) is 5.91 Å². The normalized spacial score (nSPS) is 15.2. The first-order valence-corrected chi connectivity index (χ1v) is 6.38. The Hall–Kier alpha value is -0.650. The van der Waals surface area contributed by atoms with Crippen LogP contribution in [0.3, 0.4) is 0 Å². The number of hydrogen-bond donors (Lipinski definition) is 2. The summed E-state index contributed by atoms with van der Waals surface area (Å²) in [6.45, 7) is 4.29. The number of hydrogen-bond acceptors (Lipinski definition) is 4. The van der Waals surface area contributed by atoms with Gasteiger partial charge in [-0.1, -0.05) is 0 Å². The zero-order valence-corrected chi connectivity index (χ0v) is 11.0. The molecule has 1 amide bonds. The molecule has 5 nitrogen and oxygen atoms in total. The average Bonchev–Trinajstić information content (AvgIpc) is 3.08. The van der Waals surface area contributed by atoms with E-state index in [1.165, 1.54) is 12.8 Å². The summed E-state index contributed by atoms with van der Waals surface area (Å²) in [5.41, 5.74) is 0. The van der Waals surface area contributed by atoms with Gasteiger partial charge in [0.25, 0.3) is 0 Å². The Labute approximate surface area is 104 Å². The topological polar surface area (TPSA) is 53.6 Å². The van der Waals surface area contributed by atoms with Crippen molar-refractivity contribution in [3.8, 4) is 0 Å². The number of nitrogens with zero attached hydrogens (tertiary/aromatic N) is 1. The summed E-state index contributed by atoms with van der Waals surface area (Å²) in [5, 5.41) is 5.98. The lowest BCUT2D eigenvalue weighted by Crippen LogP contribution is -2.36. The minimum absolute atomic E-state index is 0.0881.